The van der Waals surface area contributed by atoms with Gasteiger partial charge in [-0.1, -0.05) is 81.1 Å². The molecule has 0 rings (SSSR count). The molecule has 0 amide bonds. The lowest BCUT2D eigenvalue weighted by Gasteiger charge is -2.38. The molecule has 0 heterocycles. The van der Waals surface area contributed by atoms with Gasteiger partial charge in [-0.15, -0.1) is 0 Å². The van der Waals surface area contributed by atoms with E-state index in [-0.39, 0.29) is 12.2 Å². The molecule has 0 aliphatic carbocycles. The first-order valence-corrected chi connectivity index (χ1v) is 16.4. The topological polar surface area (TPSA) is 64.6 Å². The van der Waals surface area contributed by atoms with Crippen LogP contribution in [0.25, 0.3) is 0 Å². The summed E-state index contributed by atoms with van der Waals surface area (Å²) in [6.45, 7) is 20.5. The van der Waals surface area contributed by atoms with Crippen LogP contribution >= 0.6 is 0 Å². The Labute approximate surface area is 242 Å². The third kappa shape index (κ3) is 18.0. The molecule has 0 N–H and O–H groups in total. The minimum Gasteiger partial charge on any atom is -0.376 e. The van der Waals surface area contributed by atoms with Crippen LogP contribution < -0.4 is 0 Å². The summed E-state index contributed by atoms with van der Waals surface area (Å²) in [6, 6.07) is 0. The zero-order chi connectivity index (χ0) is 29.2. The first kappa shape index (κ1) is 38.7. The van der Waals surface area contributed by atoms with Gasteiger partial charge < -0.3 is 33.2 Å². The van der Waals surface area contributed by atoms with Crippen molar-refractivity contribution in [3.05, 3.63) is 0 Å². The molecule has 7 nitrogen and oxygen atoms in total. The molecule has 39 heavy (non-hydrogen) atoms. The second-order valence-corrected chi connectivity index (χ2v) is 10.6. The molecule has 2 unspecified atom stereocenters. The van der Waals surface area contributed by atoms with Crippen molar-refractivity contribution in [3.63, 3.8) is 0 Å². The van der Waals surface area contributed by atoms with Crippen LogP contribution in [0.5, 0.6) is 0 Å². The first-order valence-electron chi connectivity index (χ1n) is 16.4. The minimum absolute atomic E-state index is 0.125. The van der Waals surface area contributed by atoms with Crippen LogP contribution in [-0.2, 0) is 33.2 Å². The Morgan fingerprint density at radius 1 is 0.436 bits per heavy atom. The highest BCUT2D eigenvalue weighted by atomic mass is 16.9. The Morgan fingerprint density at radius 2 is 0.769 bits per heavy atom. The van der Waals surface area contributed by atoms with E-state index in [2.05, 4.69) is 55.4 Å². The molecule has 0 aromatic rings. The van der Waals surface area contributed by atoms with Gasteiger partial charge in [0.25, 0.3) is 11.9 Å². The van der Waals surface area contributed by atoms with Crippen molar-refractivity contribution in [2.45, 2.75) is 169 Å². The summed E-state index contributed by atoms with van der Waals surface area (Å²) in [6.07, 6.45) is 12.6. The summed E-state index contributed by atoms with van der Waals surface area (Å²) in [7, 11) is 0. The van der Waals surface area contributed by atoms with Crippen LogP contribution in [0.1, 0.15) is 145 Å². The number of rotatable bonds is 30. The Bertz CT molecular complexity index is 429. The van der Waals surface area contributed by atoms with Gasteiger partial charge in [-0.3, -0.25) is 0 Å². The van der Waals surface area contributed by atoms with Crippen LogP contribution in [0.15, 0.2) is 0 Å². The molecular formula is C32H66O7. The monoisotopic (exact) mass is 562 g/mol. The highest BCUT2D eigenvalue weighted by Gasteiger charge is 2.37. The second kappa shape index (κ2) is 25.4. The summed E-state index contributed by atoms with van der Waals surface area (Å²) in [4.78, 5) is 0. The Balaban J connectivity index is 5.53. The Kier molecular flexibility index (Phi) is 25.2. The van der Waals surface area contributed by atoms with Gasteiger partial charge in [0.05, 0.1) is 51.8 Å². The zero-order valence-corrected chi connectivity index (χ0v) is 27.2. The Morgan fingerprint density at radius 3 is 1.03 bits per heavy atom. The third-order valence-corrected chi connectivity index (χ3v) is 6.30. The van der Waals surface area contributed by atoms with Gasteiger partial charge in [-0.25, -0.2) is 0 Å². The number of hydrogen-bond acceptors (Lipinski definition) is 7. The summed E-state index contributed by atoms with van der Waals surface area (Å²) in [5.41, 5.74) is 0. The standard InChI is InChI=1S/C32H66O7/c1-9-17-21-31(34-23-13-5,35-24-14-6)38-29(19-11-3)27-33-28-30(20-12-4)39-32(22-18-10-2,36-25-15-7)37-26-16-8/h29-30H,9-28H2,1-8H3. The molecule has 7 heteroatoms. The molecule has 0 radical (unpaired) electrons. The molecule has 0 aromatic carbocycles. The molecule has 0 spiro atoms. The normalized spacial score (nSPS) is 14.2. The summed E-state index contributed by atoms with van der Waals surface area (Å²) in [5, 5.41) is 0. The maximum Gasteiger partial charge on any atom is 0.283 e. The molecule has 0 aliphatic rings. The van der Waals surface area contributed by atoms with Crippen LogP contribution in [0.3, 0.4) is 0 Å². The van der Waals surface area contributed by atoms with E-state index < -0.39 is 11.9 Å². The lowest BCUT2D eigenvalue weighted by molar-refractivity contribution is -0.404. The van der Waals surface area contributed by atoms with Crippen LogP contribution in [0.4, 0.5) is 0 Å². The third-order valence-electron chi connectivity index (χ3n) is 6.30. The average Bonchev–Trinajstić information content (AvgIpc) is 2.94. The van der Waals surface area contributed by atoms with E-state index >= 15 is 0 Å². The fraction of sp³-hybridized carbons (Fsp3) is 1.00. The van der Waals surface area contributed by atoms with Gasteiger partial charge >= 0.3 is 0 Å². The first-order chi connectivity index (χ1) is 18.9. The predicted octanol–water partition coefficient (Wildman–Crippen LogP) is 8.77. The summed E-state index contributed by atoms with van der Waals surface area (Å²) in [5.74, 6) is -2.02. The van der Waals surface area contributed by atoms with E-state index in [4.69, 9.17) is 33.2 Å². The minimum atomic E-state index is -1.01. The van der Waals surface area contributed by atoms with Crippen LogP contribution in [0.2, 0.25) is 0 Å². The maximum atomic E-state index is 6.63. The fourth-order valence-electron chi connectivity index (χ4n) is 4.28. The lowest BCUT2D eigenvalue weighted by Crippen LogP contribution is -2.45. The number of ether oxygens (including phenoxy) is 7. The molecule has 0 aromatic heterocycles. The van der Waals surface area contributed by atoms with Crippen molar-refractivity contribution in [2.75, 3.05) is 39.6 Å². The highest BCUT2D eigenvalue weighted by Crippen LogP contribution is 2.29. The summed E-state index contributed by atoms with van der Waals surface area (Å²) < 4.78 is 44.6. The van der Waals surface area contributed by atoms with Crippen molar-refractivity contribution in [3.8, 4) is 0 Å². The van der Waals surface area contributed by atoms with E-state index in [1.807, 2.05) is 0 Å². The Hall–Kier alpha value is -0.280. The van der Waals surface area contributed by atoms with Crippen molar-refractivity contribution >= 4 is 0 Å². The predicted molar refractivity (Wildman–Crippen MR) is 160 cm³/mol. The van der Waals surface area contributed by atoms with E-state index in [1.54, 1.807) is 0 Å². The molecule has 0 bridgehead atoms. The smallest absolute Gasteiger partial charge is 0.283 e. The van der Waals surface area contributed by atoms with Crippen molar-refractivity contribution in [1.29, 1.82) is 0 Å². The molecule has 0 fully saturated rings. The van der Waals surface area contributed by atoms with Gasteiger partial charge in [0.15, 0.2) is 0 Å². The van der Waals surface area contributed by atoms with Crippen LogP contribution in [-0.4, -0.2) is 63.8 Å². The van der Waals surface area contributed by atoms with Crippen molar-refractivity contribution < 1.29 is 33.2 Å². The molecule has 0 saturated carbocycles. The maximum absolute atomic E-state index is 6.63. The second-order valence-electron chi connectivity index (χ2n) is 10.6. The van der Waals surface area contributed by atoms with Gasteiger partial charge in [0.1, 0.15) is 0 Å². The van der Waals surface area contributed by atoms with Crippen molar-refractivity contribution in [2.24, 2.45) is 0 Å². The largest absolute Gasteiger partial charge is 0.376 e. The quantitative estimate of drug-likeness (QED) is 0.0811. The van der Waals surface area contributed by atoms with Crippen molar-refractivity contribution in [1.82, 2.24) is 0 Å². The molecule has 2 atom stereocenters. The molecule has 0 saturated heterocycles. The van der Waals surface area contributed by atoms with E-state index in [0.29, 0.717) is 39.6 Å². The van der Waals surface area contributed by atoms with Crippen LogP contribution in [0, 0.1) is 0 Å². The van der Waals surface area contributed by atoms with Gasteiger partial charge in [0, 0.05) is 12.8 Å². The van der Waals surface area contributed by atoms with Gasteiger partial charge in [0.2, 0.25) is 0 Å². The fourth-order valence-corrected chi connectivity index (χ4v) is 4.28. The number of unbranched alkanes of at least 4 members (excludes halogenated alkanes) is 2. The average molecular weight is 563 g/mol. The SMILES string of the molecule is CCCCC(OCCC)(OCCC)OC(CCC)COCC(CCC)OC(CCCC)(OCCC)OCCC. The van der Waals surface area contributed by atoms with E-state index in [0.717, 1.165) is 89.9 Å². The van der Waals surface area contributed by atoms with Gasteiger partial charge in [-0.2, -0.15) is 0 Å². The van der Waals surface area contributed by atoms with E-state index in [1.165, 1.54) is 0 Å². The molecular weight excluding hydrogens is 496 g/mol. The number of hydrogen-bond donors (Lipinski definition) is 0. The highest BCUT2D eigenvalue weighted by molar-refractivity contribution is 4.69. The molecule has 0 aliphatic heterocycles. The lowest BCUT2D eigenvalue weighted by atomic mass is 10.2. The summed E-state index contributed by atoms with van der Waals surface area (Å²) >= 11 is 0. The van der Waals surface area contributed by atoms with Gasteiger partial charge in [-0.05, 0) is 51.4 Å². The molecule has 236 valence electrons. The zero-order valence-electron chi connectivity index (χ0n) is 27.2. The van der Waals surface area contributed by atoms with E-state index in [9.17, 15) is 0 Å².